The van der Waals surface area contributed by atoms with Crippen LogP contribution in [0, 0.1) is 11.7 Å². The molecule has 0 spiro atoms. The van der Waals surface area contributed by atoms with Crippen molar-refractivity contribution in [1.29, 1.82) is 0 Å². The van der Waals surface area contributed by atoms with E-state index < -0.39 is 0 Å². The first-order chi connectivity index (χ1) is 14.1. The van der Waals surface area contributed by atoms with Crippen LogP contribution in [0.5, 0.6) is 5.75 Å². The zero-order valence-electron chi connectivity index (χ0n) is 17.4. The molecule has 2 aromatic carbocycles. The molecule has 3 rings (SSSR count). The number of rotatable bonds is 9. The number of hydrogen-bond acceptors (Lipinski definition) is 3. The summed E-state index contributed by atoms with van der Waals surface area (Å²) in [5, 5.41) is 3.14. The fourth-order valence-corrected chi connectivity index (χ4v) is 3.90. The fourth-order valence-electron chi connectivity index (χ4n) is 3.90. The van der Waals surface area contributed by atoms with Gasteiger partial charge in [0, 0.05) is 12.5 Å². The molecule has 1 aliphatic heterocycles. The van der Waals surface area contributed by atoms with E-state index in [0.29, 0.717) is 19.6 Å². The van der Waals surface area contributed by atoms with Gasteiger partial charge in [-0.3, -0.25) is 9.69 Å². The number of ether oxygens (including phenoxy) is 1. The molecule has 2 atom stereocenters. The number of benzene rings is 2. The second-order valence-electron chi connectivity index (χ2n) is 7.74. The van der Waals surface area contributed by atoms with E-state index in [1.165, 1.54) is 30.5 Å². The molecule has 1 amide bonds. The Hall–Kier alpha value is -2.40. The second kappa shape index (κ2) is 10.4. The van der Waals surface area contributed by atoms with Crippen LogP contribution < -0.4 is 10.1 Å². The predicted molar refractivity (Wildman–Crippen MR) is 113 cm³/mol. The Morgan fingerprint density at radius 1 is 1.10 bits per heavy atom. The lowest BCUT2D eigenvalue weighted by Crippen LogP contribution is -2.39. The third-order valence-corrected chi connectivity index (χ3v) is 5.53. The van der Waals surface area contributed by atoms with E-state index >= 15 is 0 Å². The van der Waals surface area contributed by atoms with Gasteiger partial charge in [-0.2, -0.15) is 0 Å². The van der Waals surface area contributed by atoms with Crippen molar-refractivity contribution < 1.29 is 13.9 Å². The molecule has 0 aromatic heterocycles. The average Bonchev–Trinajstić information content (AvgIpc) is 3.25. The monoisotopic (exact) mass is 398 g/mol. The van der Waals surface area contributed by atoms with E-state index in [0.717, 1.165) is 24.4 Å². The molecule has 0 radical (unpaired) electrons. The summed E-state index contributed by atoms with van der Waals surface area (Å²) in [5.74, 6) is 0.479. The van der Waals surface area contributed by atoms with Crippen LogP contribution in [0.3, 0.4) is 0 Å². The highest BCUT2D eigenvalue weighted by molar-refractivity contribution is 5.78. The van der Waals surface area contributed by atoms with Gasteiger partial charge < -0.3 is 10.1 Å². The van der Waals surface area contributed by atoms with Crippen LogP contribution in [0.4, 0.5) is 4.39 Å². The molecule has 1 heterocycles. The minimum Gasteiger partial charge on any atom is -0.494 e. The van der Waals surface area contributed by atoms with E-state index in [2.05, 4.69) is 22.3 Å². The van der Waals surface area contributed by atoms with E-state index in [9.17, 15) is 9.18 Å². The Morgan fingerprint density at radius 3 is 2.38 bits per heavy atom. The molecule has 1 N–H and O–H groups in total. The van der Waals surface area contributed by atoms with Gasteiger partial charge in [-0.05, 0) is 74.7 Å². The molecule has 5 heteroatoms. The van der Waals surface area contributed by atoms with Crippen molar-refractivity contribution in [2.75, 3.05) is 26.2 Å². The van der Waals surface area contributed by atoms with E-state index in [-0.39, 0.29) is 23.7 Å². The number of amides is 1. The quantitative estimate of drug-likeness (QED) is 0.683. The smallest absolute Gasteiger partial charge is 0.223 e. The number of likely N-dealkylation sites (tertiary alicyclic amines) is 1. The first-order valence-electron chi connectivity index (χ1n) is 10.6. The van der Waals surface area contributed by atoms with Crippen molar-refractivity contribution >= 4 is 5.91 Å². The van der Waals surface area contributed by atoms with E-state index in [4.69, 9.17) is 4.74 Å². The summed E-state index contributed by atoms with van der Waals surface area (Å²) in [4.78, 5) is 15.1. The summed E-state index contributed by atoms with van der Waals surface area (Å²) in [6.07, 6.45) is 2.99. The average molecular weight is 399 g/mol. The predicted octanol–water partition coefficient (Wildman–Crippen LogP) is 4.36. The van der Waals surface area contributed by atoms with Crippen LogP contribution >= 0.6 is 0 Å². The Labute approximate surface area is 173 Å². The number of nitrogens with zero attached hydrogens (tertiary/aromatic N) is 1. The number of nitrogens with one attached hydrogen (secondary N) is 1. The Bertz CT molecular complexity index is 770. The molecule has 0 aliphatic carbocycles. The summed E-state index contributed by atoms with van der Waals surface area (Å²) >= 11 is 0. The van der Waals surface area contributed by atoms with Gasteiger partial charge in [-0.15, -0.1) is 0 Å². The number of carbonyl (C=O) groups excluding carboxylic acids is 1. The maximum atomic E-state index is 13.1. The highest BCUT2D eigenvalue weighted by Gasteiger charge is 2.25. The van der Waals surface area contributed by atoms with Gasteiger partial charge in [0.15, 0.2) is 0 Å². The van der Waals surface area contributed by atoms with Crippen molar-refractivity contribution in [3.63, 3.8) is 0 Å². The zero-order chi connectivity index (χ0) is 20.6. The Kier molecular flexibility index (Phi) is 7.64. The summed E-state index contributed by atoms with van der Waals surface area (Å²) in [6, 6.07) is 14.7. The molecule has 4 nitrogen and oxygen atoms in total. The topological polar surface area (TPSA) is 41.6 Å². The molecule has 1 aliphatic rings. The number of carbonyl (C=O) groups is 1. The maximum Gasteiger partial charge on any atom is 0.223 e. The molecule has 29 heavy (non-hydrogen) atoms. The van der Waals surface area contributed by atoms with Gasteiger partial charge in [0.25, 0.3) is 0 Å². The fraction of sp³-hybridized carbons (Fsp3) is 0.458. The lowest BCUT2D eigenvalue weighted by molar-refractivity contribution is -0.124. The molecule has 1 fully saturated rings. The van der Waals surface area contributed by atoms with Gasteiger partial charge in [-0.1, -0.05) is 31.2 Å². The Morgan fingerprint density at radius 2 is 1.76 bits per heavy atom. The van der Waals surface area contributed by atoms with Crippen molar-refractivity contribution in [3.8, 4) is 5.75 Å². The third-order valence-electron chi connectivity index (χ3n) is 5.53. The maximum absolute atomic E-state index is 13.1. The summed E-state index contributed by atoms with van der Waals surface area (Å²) in [6.45, 7) is 7.24. The summed E-state index contributed by atoms with van der Waals surface area (Å²) < 4.78 is 18.6. The SMILES string of the molecule is CCOc1ccc(C(CNC(=O)C(C)Cc2ccc(F)cc2)N2CCCC2)cc1. The van der Waals surface area contributed by atoms with Crippen LogP contribution in [-0.2, 0) is 11.2 Å². The molecule has 156 valence electrons. The molecule has 1 saturated heterocycles. The highest BCUT2D eigenvalue weighted by Crippen LogP contribution is 2.26. The summed E-state index contributed by atoms with van der Waals surface area (Å²) in [7, 11) is 0. The van der Waals surface area contributed by atoms with Crippen LogP contribution in [0.15, 0.2) is 48.5 Å². The lowest BCUT2D eigenvalue weighted by Gasteiger charge is -2.29. The van der Waals surface area contributed by atoms with Crippen molar-refractivity contribution in [2.24, 2.45) is 5.92 Å². The third kappa shape index (κ3) is 6.04. The van der Waals surface area contributed by atoms with Gasteiger partial charge in [0.05, 0.1) is 12.6 Å². The molecule has 0 saturated carbocycles. The van der Waals surface area contributed by atoms with Crippen LogP contribution in [0.2, 0.25) is 0 Å². The minimum atomic E-state index is -0.255. The zero-order valence-corrected chi connectivity index (χ0v) is 17.4. The largest absolute Gasteiger partial charge is 0.494 e. The summed E-state index contributed by atoms with van der Waals surface area (Å²) in [5.41, 5.74) is 2.17. The lowest BCUT2D eigenvalue weighted by atomic mass is 9.99. The normalized spacial score (nSPS) is 16.4. The van der Waals surface area contributed by atoms with Crippen LogP contribution in [-0.4, -0.2) is 37.0 Å². The minimum absolute atomic E-state index is 0.0319. The van der Waals surface area contributed by atoms with Gasteiger partial charge in [0.2, 0.25) is 5.91 Å². The standard InChI is InChI=1S/C24H31FN2O2/c1-3-29-22-12-8-20(9-13-22)23(27-14-4-5-15-27)17-26-24(28)18(2)16-19-6-10-21(25)11-7-19/h6-13,18,23H,3-5,14-17H2,1-2H3,(H,26,28). The van der Waals surface area contributed by atoms with Gasteiger partial charge >= 0.3 is 0 Å². The molecule has 2 unspecified atom stereocenters. The van der Waals surface area contributed by atoms with E-state index in [1.807, 2.05) is 26.0 Å². The van der Waals surface area contributed by atoms with Crippen LogP contribution in [0.1, 0.15) is 43.9 Å². The highest BCUT2D eigenvalue weighted by atomic mass is 19.1. The van der Waals surface area contributed by atoms with Gasteiger partial charge in [0.1, 0.15) is 11.6 Å². The number of hydrogen-bond donors (Lipinski definition) is 1. The molecular formula is C24H31FN2O2. The van der Waals surface area contributed by atoms with Crippen molar-refractivity contribution in [1.82, 2.24) is 10.2 Å². The number of halogens is 1. The van der Waals surface area contributed by atoms with Crippen molar-refractivity contribution in [3.05, 3.63) is 65.5 Å². The molecule has 0 bridgehead atoms. The van der Waals surface area contributed by atoms with E-state index in [1.54, 1.807) is 12.1 Å². The van der Waals surface area contributed by atoms with Crippen LogP contribution in [0.25, 0.3) is 0 Å². The van der Waals surface area contributed by atoms with Gasteiger partial charge in [-0.25, -0.2) is 4.39 Å². The second-order valence-corrected chi connectivity index (χ2v) is 7.74. The molecular weight excluding hydrogens is 367 g/mol. The van der Waals surface area contributed by atoms with Crippen molar-refractivity contribution in [2.45, 2.75) is 39.2 Å². The first-order valence-corrected chi connectivity index (χ1v) is 10.6. The Balaban J connectivity index is 1.61. The first kappa shape index (κ1) is 21.3. The molecule has 2 aromatic rings.